The number of carbonyl (C=O) groups excluding carboxylic acids is 1. The molecule has 0 aliphatic rings. The highest BCUT2D eigenvalue weighted by atomic mass is 16.5. The van der Waals surface area contributed by atoms with Gasteiger partial charge in [0.05, 0.1) is 6.61 Å². The van der Waals surface area contributed by atoms with Gasteiger partial charge < -0.3 is 14.7 Å². The predicted octanol–water partition coefficient (Wildman–Crippen LogP) is 1.29. The van der Waals surface area contributed by atoms with E-state index in [9.17, 15) is 9.59 Å². The van der Waals surface area contributed by atoms with Gasteiger partial charge in [-0.2, -0.15) is 0 Å². The second kappa shape index (κ2) is 7.06. The second-order valence-electron chi connectivity index (χ2n) is 4.14. The van der Waals surface area contributed by atoms with Gasteiger partial charge in [-0.1, -0.05) is 0 Å². The van der Waals surface area contributed by atoms with Crippen molar-refractivity contribution in [1.82, 2.24) is 4.90 Å². The molecule has 1 N–H and O–H groups in total. The highest BCUT2D eigenvalue weighted by Gasteiger charge is 2.21. The fraction of sp³-hybridized carbons (Fsp3) is 0.667. The van der Waals surface area contributed by atoms with Gasteiger partial charge in [0.1, 0.15) is 0 Å². The van der Waals surface area contributed by atoms with Crippen molar-refractivity contribution < 1.29 is 19.4 Å². The summed E-state index contributed by atoms with van der Waals surface area (Å²) in [6.45, 7) is 7.63. The lowest BCUT2D eigenvalue weighted by atomic mass is 10.1. The molecule has 1 amide bonds. The van der Waals surface area contributed by atoms with Crippen LogP contribution < -0.4 is 0 Å². The third-order valence-electron chi connectivity index (χ3n) is 2.62. The normalized spacial score (nSPS) is 12.4. The van der Waals surface area contributed by atoms with E-state index >= 15 is 0 Å². The standard InChI is InChI=1S/C12H21NO4/c1-8(2)13(6-7-17-5)11(14)9(3)10(4)12(15)16/h8H,6-7H2,1-5H3,(H,15,16). The van der Waals surface area contributed by atoms with Crippen LogP contribution in [0.3, 0.4) is 0 Å². The Kier molecular flexibility index (Phi) is 6.50. The van der Waals surface area contributed by atoms with E-state index in [1.165, 1.54) is 13.8 Å². The Labute approximate surface area is 102 Å². The molecule has 0 atom stereocenters. The van der Waals surface area contributed by atoms with E-state index in [1.807, 2.05) is 13.8 Å². The first kappa shape index (κ1) is 15.6. The lowest BCUT2D eigenvalue weighted by Gasteiger charge is -2.27. The lowest BCUT2D eigenvalue weighted by molar-refractivity contribution is -0.134. The van der Waals surface area contributed by atoms with Gasteiger partial charge in [0.15, 0.2) is 0 Å². The zero-order valence-electron chi connectivity index (χ0n) is 11.1. The first-order chi connectivity index (χ1) is 7.82. The minimum Gasteiger partial charge on any atom is -0.478 e. The van der Waals surface area contributed by atoms with Crippen molar-refractivity contribution in [1.29, 1.82) is 0 Å². The molecule has 0 aromatic carbocycles. The van der Waals surface area contributed by atoms with Crippen LogP contribution in [0.2, 0.25) is 0 Å². The second-order valence-corrected chi connectivity index (χ2v) is 4.14. The Hall–Kier alpha value is -1.36. The van der Waals surface area contributed by atoms with E-state index in [0.29, 0.717) is 13.2 Å². The van der Waals surface area contributed by atoms with Crippen molar-refractivity contribution in [3.8, 4) is 0 Å². The molecule has 0 saturated heterocycles. The van der Waals surface area contributed by atoms with Crippen LogP contribution in [-0.2, 0) is 14.3 Å². The van der Waals surface area contributed by atoms with Crippen molar-refractivity contribution >= 4 is 11.9 Å². The minimum atomic E-state index is -1.06. The van der Waals surface area contributed by atoms with E-state index in [4.69, 9.17) is 9.84 Å². The summed E-state index contributed by atoms with van der Waals surface area (Å²) in [4.78, 5) is 24.5. The molecule has 0 aliphatic carbocycles. The van der Waals surface area contributed by atoms with Gasteiger partial charge in [-0.15, -0.1) is 0 Å². The van der Waals surface area contributed by atoms with Gasteiger partial charge in [-0.05, 0) is 27.7 Å². The zero-order chi connectivity index (χ0) is 13.6. The molecule has 0 aromatic heterocycles. The molecule has 0 radical (unpaired) electrons. The average molecular weight is 243 g/mol. The van der Waals surface area contributed by atoms with Gasteiger partial charge in [-0.3, -0.25) is 4.79 Å². The van der Waals surface area contributed by atoms with Gasteiger partial charge in [0, 0.05) is 30.8 Å². The van der Waals surface area contributed by atoms with E-state index in [2.05, 4.69) is 0 Å². The Morgan fingerprint density at radius 3 is 2.12 bits per heavy atom. The highest BCUT2D eigenvalue weighted by Crippen LogP contribution is 2.10. The first-order valence-corrected chi connectivity index (χ1v) is 5.53. The van der Waals surface area contributed by atoms with Crippen LogP contribution in [0.4, 0.5) is 0 Å². The number of hydrogen-bond donors (Lipinski definition) is 1. The SMILES string of the molecule is COCCN(C(=O)C(C)=C(C)C(=O)O)C(C)C. The largest absolute Gasteiger partial charge is 0.478 e. The van der Waals surface area contributed by atoms with Crippen LogP contribution in [-0.4, -0.2) is 48.2 Å². The van der Waals surface area contributed by atoms with E-state index < -0.39 is 5.97 Å². The number of methoxy groups -OCH3 is 1. The van der Waals surface area contributed by atoms with Crippen molar-refractivity contribution in [2.24, 2.45) is 0 Å². The summed E-state index contributed by atoms with van der Waals surface area (Å²) in [5.41, 5.74) is 0.348. The number of carboxylic acid groups (broad SMARTS) is 1. The molecule has 0 aromatic rings. The molecule has 17 heavy (non-hydrogen) atoms. The maximum absolute atomic E-state index is 12.1. The van der Waals surface area contributed by atoms with Crippen molar-refractivity contribution in [3.05, 3.63) is 11.1 Å². The van der Waals surface area contributed by atoms with E-state index in [-0.39, 0.29) is 23.1 Å². The molecule has 0 bridgehead atoms. The molecular formula is C12H21NO4. The van der Waals surface area contributed by atoms with Gasteiger partial charge >= 0.3 is 5.97 Å². The molecule has 5 nitrogen and oxygen atoms in total. The van der Waals surface area contributed by atoms with Crippen LogP contribution in [0.1, 0.15) is 27.7 Å². The summed E-state index contributed by atoms with van der Waals surface area (Å²) in [7, 11) is 1.56. The molecular weight excluding hydrogens is 222 g/mol. The monoisotopic (exact) mass is 243 g/mol. The fourth-order valence-electron chi connectivity index (χ4n) is 1.32. The number of carboxylic acids is 1. The zero-order valence-corrected chi connectivity index (χ0v) is 11.1. The quantitative estimate of drug-likeness (QED) is 0.714. The summed E-state index contributed by atoms with van der Waals surface area (Å²) in [5, 5.41) is 8.84. The highest BCUT2D eigenvalue weighted by molar-refractivity contribution is 6.01. The number of nitrogens with zero attached hydrogens (tertiary/aromatic N) is 1. The van der Waals surface area contributed by atoms with Crippen molar-refractivity contribution in [2.45, 2.75) is 33.7 Å². The minimum absolute atomic E-state index is 0.00851. The summed E-state index contributed by atoms with van der Waals surface area (Å²) in [6, 6.07) is 0.00851. The predicted molar refractivity (Wildman–Crippen MR) is 64.7 cm³/mol. The van der Waals surface area contributed by atoms with Gasteiger partial charge in [0.2, 0.25) is 5.91 Å². The molecule has 0 fully saturated rings. The van der Waals surface area contributed by atoms with Crippen LogP contribution >= 0.6 is 0 Å². The molecule has 0 unspecified atom stereocenters. The van der Waals surface area contributed by atoms with Gasteiger partial charge in [-0.25, -0.2) is 4.79 Å². The molecule has 0 rings (SSSR count). The average Bonchev–Trinajstić information content (AvgIpc) is 2.26. The maximum Gasteiger partial charge on any atom is 0.331 e. The number of carbonyl (C=O) groups is 2. The topological polar surface area (TPSA) is 66.8 Å². The number of ether oxygens (including phenoxy) is 1. The molecule has 5 heteroatoms. The summed E-state index contributed by atoms with van der Waals surface area (Å²) >= 11 is 0. The number of amides is 1. The molecule has 98 valence electrons. The Bertz CT molecular complexity index is 320. The van der Waals surface area contributed by atoms with E-state index in [1.54, 1.807) is 12.0 Å². The van der Waals surface area contributed by atoms with Crippen molar-refractivity contribution in [2.75, 3.05) is 20.3 Å². The Morgan fingerprint density at radius 2 is 1.76 bits per heavy atom. The van der Waals surface area contributed by atoms with Crippen LogP contribution in [0.15, 0.2) is 11.1 Å². The number of hydrogen-bond acceptors (Lipinski definition) is 3. The molecule has 0 saturated carbocycles. The van der Waals surface area contributed by atoms with Crippen LogP contribution in [0, 0.1) is 0 Å². The van der Waals surface area contributed by atoms with Gasteiger partial charge in [0.25, 0.3) is 0 Å². The molecule has 0 spiro atoms. The summed E-state index contributed by atoms with van der Waals surface area (Å²) < 4.78 is 4.93. The number of rotatable bonds is 6. The summed E-state index contributed by atoms with van der Waals surface area (Å²) in [5.74, 6) is -1.32. The smallest absolute Gasteiger partial charge is 0.331 e. The third kappa shape index (κ3) is 4.56. The Balaban J connectivity index is 4.96. The van der Waals surface area contributed by atoms with Crippen LogP contribution in [0.5, 0.6) is 0 Å². The van der Waals surface area contributed by atoms with E-state index in [0.717, 1.165) is 0 Å². The molecule has 0 heterocycles. The fourth-order valence-corrected chi connectivity index (χ4v) is 1.32. The maximum atomic E-state index is 12.1. The summed E-state index contributed by atoms with van der Waals surface area (Å²) in [6.07, 6.45) is 0. The van der Waals surface area contributed by atoms with Crippen molar-refractivity contribution in [3.63, 3.8) is 0 Å². The lowest BCUT2D eigenvalue weighted by Crippen LogP contribution is -2.40. The third-order valence-corrected chi connectivity index (χ3v) is 2.62. The first-order valence-electron chi connectivity index (χ1n) is 5.53. The van der Waals surface area contributed by atoms with Crippen LogP contribution in [0.25, 0.3) is 0 Å². The number of aliphatic carboxylic acids is 1. The Morgan fingerprint density at radius 1 is 1.24 bits per heavy atom. The molecule has 0 aliphatic heterocycles.